The van der Waals surface area contributed by atoms with Crippen molar-refractivity contribution in [3.63, 3.8) is 0 Å². The minimum absolute atomic E-state index is 0.0392. The molecule has 5 N–H and O–H groups in total. The number of phenols is 5. The molecule has 1 fully saturated rings. The Morgan fingerprint density at radius 2 is 1.48 bits per heavy atom. The minimum atomic E-state index is -0.465. The fourth-order valence-corrected chi connectivity index (χ4v) is 5.35. The molecular weight excluding hydrogens is 428 g/mol. The Labute approximate surface area is 189 Å². The number of ether oxygens (including phenoxy) is 3. The number of hydrogen-bond donors (Lipinski definition) is 5. The lowest BCUT2D eigenvalue weighted by molar-refractivity contribution is 0.0988. The van der Waals surface area contributed by atoms with Crippen molar-refractivity contribution in [1.29, 1.82) is 0 Å². The zero-order valence-electron chi connectivity index (χ0n) is 18.0. The van der Waals surface area contributed by atoms with Crippen LogP contribution in [0.1, 0.15) is 40.2 Å². The number of fused-ring (bicyclic) bond motifs is 3. The van der Waals surface area contributed by atoms with Crippen LogP contribution in [0.15, 0.2) is 42.5 Å². The number of benzene rings is 3. The maximum Gasteiger partial charge on any atom is 0.200 e. The molecule has 0 spiro atoms. The largest absolute Gasteiger partial charge is 0.508 e. The molecule has 5 rings (SSSR count). The molecular formula is C25H24O8. The van der Waals surface area contributed by atoms with Gasteiger partial charge in [-0.15, -0.1) is 0 Å². The Kier molecular flexibility index (Phi) is 4.90. The van der Waals surface area contributed by atoms with Crippen molar-refractivity contribution < 1.29 is 39.7 Å². The van der Waals surface area contributed by atoms with E-state index in [0.29, 0.717) is 17.7 Å². The lowest BCUT2D eigenvalue weighted by atomic mass is 9.81. The van der Waals surface area contributed by atoms with E-state index in [2.05, 4.69) is 0 Å². The highest BCUT2D eigenvalue weighted by Crippen LogP contribution is 2.62. The number of rotatable bonds is 4. The molecule has 0 saturated carbocycles. The fourth-order valence-electron chi connectivity index (χ4n) is 5.35. The van der Waals surface area contributed by atoms with Gasteiger partial charge in [-0.05, 0) is 47.0 Å². The van der Waals surface area contributed by atoms with E-state index in [1.807, 2.05) is 0 Å². The van der Waals surface area contributed by atoms with Crippen molar-refractivity contribution in [3.05, 3.63) is 64.7 Å². The molecule has 8 heteroatoms. The molecule has 8 nitrogen and oxygen atoms in total. The predicted molar refractivity (Wildman–Crippen MR) is 118 cm³/mol. The molecule has 0 aromatic heterocycles. The van der Waals surface area contributed by atoms with Crippen LogP contribution in [0, 0.1) is 5.92 Å². The number of methoxy groups -OCH3 is 2. The van der Waals surface area contributed by atoms with Gasteiger partial charge in [0.25, 0.3) is 0 Å². The summed E-state index contributed by atoms with van der Waals surface area (Å²) in [4.78, 5) is 0. The van der Waals surface area contributed by atoms with Gasteiger partial charge in [-0.25, -0.2) is 0 Å². The van der Waals surface area contributed by atoms with E-state index in [1.54, 1.807) is 24.3 Å². The van der Waals surface area contributed by atoms with Crippen molar-refractivity contribution in [2.75, 3.05) is 20.8 Å². The van der Waals surface area contributed by atoms with Crippen LogP contribution in [0.4, 0.5) is 0 Å². The summed E-state index contributed by atoms with van der Waals surface area (Å²) in [6, 6.07) is 10.9. The zero-order valence-corrected chi connectivity index (χ0v) is 18.0. The third kappa shape index (κ3) is 3.17. The predicted octanol–water partition coefficient (Wildman–Crippen LogP) is 3.85. The molecule has 2 aliphatic rings. The Bertz CT molecular complexity index is 1210. The molecule has 0 unspecified atom stereocenters. The third-order valence-electron chi connectivity index (χ3n) is 6.72. The molecule has 33 heavy (non-hydrogen) atoms. The van der Waals surface area contributed by atoms with Crippen LogP contribution in [0.3, 0.4) is 0 Å². The molecule has 0 radical (unpaired) electrons. The lowest BCUT2D eigenvalue weighted by Crippen LogP contribution is -2.13. The van der Waals surface area contributed by atoms with Crippen molar-refractivity contribution in [2.24, 2.45) is 5.92 Å². The Balaban J connectivity index is 1.68. The molecule has 172 valence electrons. The van der Waals surface area contributed by atoms with Crippen molar-refractivity contribution in [1.82, 2.24) is 0 Å². The number of aromatic hydroxyl groups is 5. The number of hydrogen-bond acceptors (Lipinski definition) is 8. The van der Waals surface area contributed by atoms with Gasteiger partial charge in [0.1, 0.15) is 11.5 Å². The van der Waals surface area contributed by atoms with E-state index < -0.39 is 6.10 Å². The van der Waals surface area contributed by atoms with Gasteiger partial charge in [0, 0.05) is 29.4 Å². The van der Waals surface area contributed by atoms with Gasteiger partial charge in [-0.2, -0.15) is 0 Å². The standard InChI is InChI=1S/C25H24O8/c1-31-19-6-12(7-20(32-2)24(19)30)21-15-10-33-25(11-3-4-16(27)17(28)5-11)22(15)14-8-13(26)9-18(29)23(14)21/h3-9,15,21-22,25-30H,10H2,1-2H3/t15-,21-,22+,25-/m0/s1. The minimum Gasteiger partial charge on any atom is -0.508 e. The quantitative estimate of drug-likeness (QED) is 0.378. The first-order valence-corrected chi connectivity index (χ1v) is 10.5. The van der Waals surface area contributed by atoms with Gasteiger partial charge in [0.2, 0.25) is 5.75 Å². The van der Waals surface area contributed by atoms with E-state index in [4.69, 9.17) is 14.2 Å². The summed E-state index contributed by atoms with van der Waals surface area (Å²) < 4.78 is 16.8. The summed E-state index contributed by atoms with van der Waals surface area (Å²) in [5, 5.41) is 51.2. The van der Waals surface area contributed by atoms with E-state index in [1.165, 1.54) is 32.4 Å². The van der Waals surface area contributed by atoms with Crippen LogP contribution < -0.4 is 9.47 Å². The van der Waals surface area contributed by atoms with Gasteiger partial charge in [0.15, 0.2) is 23.0 Å². The first-order valence-electron chi connectivity index (χ1n) is 10.5. The second-order valence-corrected chi connectivity index (χ2v) is 8.41. The summed E-state index contributed by atoms with van der Waals surface area (Å²) in [6.45, 7) is 0.349. The van der Waals surface area contributed by atoms with Gasteiger partial charge < -0.3 is 39.7 Å². The molecule has 3 aromatic carbocycles. The average molecular weight is 452 g/mol. The van der Waals surface area contributed by atoms with E-state index in [0.717, 1.165) is 11.1 Å². The zero-order chi connectivity index (χ0) is 23.4. The summed E-state index contributed by atoms with van der Waals surface area (Å²) >= 11 is 0. The monoisotopic (exact) mass is 452 g/mol. The summed E-state index contributed by atoms with van der Waals surface area (Å²) in [6.07, 6.45) is -0.465. The average Bonchev–Trinajstić information content (AvgIpc) is 3.35. The second-order valence-electron chi connectivity index (χ2n) is 8.41. The summed E-state index contributed by atoms with van der Waals surface area (Å²) in [5.41, 5.74) is 2.83. The maximum atomic E-state index is 10.9. The highest BCUT2D eigenvalue weighted by molar-refractivity contribution is 5.61. The van der Waals surface area contributed by atoms with E-state index in [9.17, 15) is 25.5 Å². The van der Waals surface area contributed by atoms with Gasteiger partial charge in [-0.1, -0.05) is 6.07 Å². The van der Waals surface area contributed by atoms with Crippen molar-refractivity contribution in [2.45, 2.75) is 17.9 Å². The third-order valence-corrected chi connectivity index (χ3v) is 6.72. The topological polar surface area (TPSA) is 129 Å². The summed E-state index contributed by atoms with van der Waals surface area (Å²) in [5.74, 6) is -0.896. The molecule has 0 amide bonds. The molecule has 0 bridgehead atoms. The first kappa shape index (κ1) is 21.1. The smallest absolute Gasteiger partial charge is 0.200 e. The van der Waals surface area contributed by atoms with Gasteiger partial charge >= 0.3 is 0 Å². The molecule has 1 heterocycles. The Morgan fingerprint density at radius 3 is 2.12 bits per heavy atom. The highest BCUT2D eigenvalue weighted by Gasteiger charge is 2.52. The SMILES string of the molecule is COc1cc([C@@H]2c3c(O)cc(O)cc3[C@@H]3[C@H]2CO[C@H]3c2ccc(O)c(O)c2)cc(OC)c1O. The van der Waals surface area contributed by atoms with E-state index >= 15 is 0 Å². The highest BCUT2D eigenvalue weighted by atomic mass is 16.5. The molecule has 1 aliphatic carbocycles. The first-order chi connectivity index (χ1) is 15.8. The maximum absolute atomic E-state index is 10.9. The van der Waals surface area contributed by atoms with Crippen LogP contribution in [0.2, 0.25) is 0 Å². The lowest BCUT2D eigenvalue weighted by Gasteiger charge is -2.22. The van der Waals surface area contributed by atoms with Crippen LogP contribution in [-0.4, -0.2) is 46.4 Å². The van der Waals surface area contributed by atoms with Crippen LogP contribution in [0.5, 0.6) is 40.2 Å². The summed E-state index contributed by atoms with van der Waals surface area (Å²) in [7, 11) is 2.90. The van der Waals surface area contributed by atoms with Gasteiger partial charge in [0.05, 0.1) is 26.9 Å². The molecule has 4 atom stereocenters. The van der Waals surface area contributed by atoms with Crippen LogP contribution in [0.25, 0.3) is 0 Å². The number of phenolic OH excluding ortho intramolecular Hbond substituents is 5. The van der Waals surface area contributed by atoms with Crippen molar-refractivity contribution in [3.8, 4) is 40.2 Å². The second kappa shape index (κ2) is 7.67. The van der Waals surface area contributed by atoms with Crippen LogP contribution >= 0.6 is 0 Å². The van der Waals surface area contributed by atoms with E-state index in [-0.39, 0.29) is 58.0 Å². The molecule has 1 saturated heterocycles. The van der Waals surface area contributed by atoms with Gasteiger partial charge in [-0.3, -0.25) is 0 Å². The van der Waals surface area contributed by atoms with Crippen molar-refractivity contribution >= 4 is 0 Å². The normalized spacial score (nSPS) is 23.2. The fraction of sp³-hybridized carbons (Fsp3) is 0.280. The molecule has 3 aromatic rings. The Hall–Kier alpha value is -3.78. The Morgan fingerprint density at radius 1 is 0.788 bits per heavy atom. The van der Waals surface area contributed by atoms with Crippen LogP contribution in [-0.2, 0) is 4.74 Å². The molecule has 1 aliphatic heterocycles.